The van der Waals surface area contributed by atoms with Crippen molar-refractivity contribution in [1.82, 2.24) is 30.1 Å². The van der Waals surface area contributed by atoms with E-state index in [2.05, 4.69) is 30.3 Å². The Balaban J connectivity index is 1.24. The molecule has 0 amide bonds. The number of tetrazole rings is 1. The Labute approximate surface area is 139 Å². The topological polar surface area (TPSA) is 76.1 Å². The van der Waals surface area contributed by atoms with E-state index in [0.29, 0.717) is 6.04 Å². The third-order valence-corrected chi connectivity index (χ3v) is 4.74. The van der Waals surface area contributed by atoms with Gasteiger partial charge >= 0.3 is 0 Å². The molecular weight excluding hydrogens is 306 g/mol. The molecule has 1 aromatic carbocycles. The molecule has 0 N–H and O–H groups in total. The fourth-order valence-corrected chi connectivity index (χ4v) is 3.21. The fourth-order valence-electron chi connectivity index (χ4n) is 3.21. The monoisotopic (exact) mass is 325 g/mol. The average Bonchev–Trinajstić information content (AvgIpc) is 3.19. The van der Waals surface area contributed by atoms with E-state index in [-0.39, 0.29) is 0 Å². The highest BCUT2D eigenvalue weighted by Gasteiger charge is 2.29. The molecule has 8 heteroatoms. The van der Waals surface area contributed by atoms with Gasteiger partial charge in [-0.05, 0) is 35.4 Å². The lowest BCUT2D eigenvalue weighted by atomic mass is 10.3. The van der Waals surface area contributed by atoms with Gasteiger partial charge in [0.25, 0.3) is 6.01 Å². The summed E-state index contributed by atoms with van der Waals surface area (Å²) in [4.78, 5) is 9.19. The summed E-state index contributed by atoms with van der Waals surface area (Å²) in [5, 5.41) is 12.2. The molecule has 3 aromatic rings. The van der Waals surface area contributed by atoms with Crippen LogP contribution in [0.15, 0.2) is 28.7 Å². The van der Waals surface area contributed by atoms with Crippen LogP contribution in [0, 0.1) is 0 Å². The number of benzene rings is 1. The summed E-state index contributed by atoms with van der Waals surface area (Å²) in [7, 11) is 0. The van der Waals surface area contributed by atoms with Gasteiger partial charge < -0.3 is 9.32 Å². The lowest BCUT2D eigenvalue weighted by Gasteiger charge is -2.33. The van der Waals surface area contributed by atoms with Crippen LogP contribution in [-0.4, -0.2) is 56.3 Å². The second kappa shape index (κ2) is 5.55. The third kappa shape index (κ3) is 2.52. The first-order valence-electron chi connectivity index (χ1n) is 8.46. The van der Waals surface area contributed by atoms with Crippen molar-refractivity contribution in [2.24, 2.45) is 0 Å². The van der Waals surface area contributed by atoms with Crippen molar-refractivity contribution in [2.45, 2.75) is 25.4 Å². The van der Waals surface area contributed by atoms with Crippen molar-refractivity contribution in [3.63, 3.8) is 0 Å². The van der Waals surface area contributed by atoms with E-state index in [9.17, 15) is 0 Å². The van der Waals surface area contributed by atoms with Crippen LogP contribution in [0.1, 0.15) is 24.7 Å². The van der Waals surface area contributed by atoms with Gasteiger partial charge in [-0.1, -0.05) is 12.1 Å². The Kier molecular flexibility index (Phi) is 3.22. The van der Waals surface area contributed by atoms with E-state index in [4.69, 9.17) is 4.42 Å². The molecule has 24 heavy (non-hydrogen) atoms. The van der Waals surface area contributed by atoms with Crippen LogP contribution >= 0.6 is 0 Å². The van der Waals surface area contributed by atoms with Gasteiger partial charge in [-0.2, -0.15) is 4.98 Å². The predicted molar refractivity (Wildman–Crippen MR) is 87.6 cm³/mol. The molecule has 2 aliphatic rings. The summed E-state index contributed by atoms with van der Waals surface area (Å²) in [6.45, 7) is 4.52. The van der Waals surface area contributed by atoms with E-state index in [1.165, 1.54) is 12.8 Å². The van der Waals surface area contributed by atoms with Crippen molar-refractivity contribution >= 4 is 17.1 Å². The second-order valence-electron chi connectivity index (χ2n) is 6.50. The summed E-state index contributed by atoms with van der Waals surface area (Å²) >= 11 is 0. The van der Waals surface area contributed by atoms with Crippen LogP contribution in [0.25, 0.3) is 11.1 Å². The Bertz CT molecular complexity index is 812. The zero-order valence-corrected chi connectivity index (χ0v) is 13.4. The Morgan fingerprint density at radius 2 is 1.92 bits per heavy atom. The van der Waals surface area contributed by atoms with E-state index >= 15 is 0 Å². The molecule has 0 spiro atoms. The van der Waals surface area contributed by atoms with Gasteiger partial charge in [-0.25, -0.2) is 4.68 Å². The number of anilines is 1. The second-order valence-corrected chi connectivity index (χ2v) is 6.50. The molecule has 1 aliphatic heterocycles. The Morgan fingerprint density at radius 3 is 2.71 bits per heavy atom. The minimum atomic E-state index is 0.524. The van der Waals surface area contributed by atoms with Gasteiger partial charge in [0.05, 0.1) is 12.6 Å². The third-order valence-electron chi connectivity index (χ3n) is 4.74. The Hall–Kier alpha value is -2.48. The maximum absolute atomic E-state index is 5.87. The number of fused-ring (bicyclic) bond motifs is 1. The molecular formula is C16H19N7O. The van der Waals surface area contributed by atoms with Crippen LogP contribution in [0.4, 0.5) is 6.01 Å². The summed E-state index contributed by atoms with van der Waals surface area (Å²) in [5.41, 5.74) is 1.76. The lowest BCUT2D eigenvalue weighted by molar-refractivity contribution is 0.235. The van der Waals surface area contributed by atoms with Gasteiger partial charge in [-0.15, -0.1) is 5.10 Å². The quantitative estimate of drug-likeness (QED) is 0.719. The van der Waals surface area contributed by atoms with Crippen LogP contribution in [-0.2, 0) is 6.54 Å². The van der Waals surface area contributed by atoms with Crippen molar-refractivity contribution in [1.29, 1.82) is 0 Å². The Morgan fingerprint density at radius 1 is 1.08 bits per heavy atom. The summed E-state index contributed by atoms with van der Waals surface area (Å²) < 4.78 is 7.86. The molecule has 1 aliphatic carbocycles. The van der Waals surface area contributed by atoms with E-state index in [1.807, 2.05) is 28.9 Å². The number of aromatic nitrogens is 5. The highest BCUT2D eigenvalue weighted by Crippen LogP contribution is 2.34. The highest BCUT2D eigenvalue weighted by molar-refractivity contribution is 5.74. The molecule has 5 rings (SSSR count). The fraction of sp³-hybridized carbons (Fsp3) is 0.500. The maximum atomic E-state index is 5.87. The first-order chi connectivity index (χ1) is 11.9. The predicted octanol–water partition coefficient (Wildman–Crippen LogP) is 1.47. The molecule has 2 fully saturated rings. The van der Waals surface area contributed by atoms with Crippen LogP contribution in [0.2, 0.25) is 0 Å². The standard InChI is InChI=1S/C16H19N7O/c1-2-4-14-13(3-1)17-16(24-14)22-9-7-21(8-10-22)11-15-18-19-20-23(15)12-5-6-12/h1-4,12H,5-11H2. The molecule has 1 saturated carbocycles. The molecule has 124 valence electrons. The minimum absolute atomic E-state index is 0.524. The highest BCUT2D eigenvalue weighted by atomic mass is 16.4. The SMILES string of the molecule is c1ccc2oc(N3CCN(Cc4nnnn4C4CC4)CC3)nc2c1. The van der Waals surface area contributed by atoms with Crippen molar-refractivity contribution in [3.8, 4) is 0 Å². The van der Waals surface area contributed by atoms with Crippen molar-refractivity contribution < 1.29 is 4.42 Å². The first kappa shape index (κ1) is 13.9. The smallest absolute Gasteiger partial charge is 0.298 e. The number of hydrogen-bond acceptors (Lipinski definition) is 7. The molecule has 3 heterocycles. The minimum Gasteiger partial charge on any atom is -0.423 e. The summed E-state index contributed by atoms with van der Waals surface area (Å²) in [6, 6.07) is 9.14. The van der Waals surface area contributed by atoms with Gasteiger partial charge in [0, 0.05) is 26.2 Å². The van der Waals surface area contributed by atoms with E-state index < -0.39 is 0 Å². The van der Waals surface area contributed by atoms with E-state index in [1.54, 1.807) is 0 Å². The number of rotatable bonds is 4. The lowest BCUT2D eigenvalue weighted by Crippen LogP contribution is -2.46. The molecule has 8 nitrogen and oxygen atoms in total. The zero-order chi connectivity index (χ0) is 15.9. The van der Waals surface area contributed by atoms with Crippen molar-refractivity contribution in [2.75, 3.05) is 31.1 Å². The maximum Gasteiger partial charge on any atom is 0.298 e. The number of oxazole rings is 1. The van der Waals surface area contributed by atoms with Crippen LogP contribution in [0.5, 0.6) is 0 Å². The van der Waals surface area contributed by atoms with Crippen LogP contribution < -0.4 is 4.90 Å². The number of para-hydroxylation sites is 2. The summed E-state index contributed by atoms with van der Waals surface area (Å²) in [6.07, 6.45) is 2.40. The molecule has 0 bridgehead atoms. The van der Waals surface area contributed by atoms with Gasteiger partial charge in [0.2, 0.25) is 0 Å². The van der Waals surface area contributed by atoms with Crippen LogP contribution in [0.3, 0.4) is 0 Å². The molecule has 0 unspecified atom stereocenters. The van der Waals surface area contributed by atoms with Gasteiger partial charge in [0.1, 0.15) is 5.52 Å². The normalized spacial score (nSPS) is 19.2. The molecule has 0 atom stereocenters. The molecule has 1 saturated heterocycles. The number of nitrogens with zero attached hydrogens (tertiary/aromatic N) is 7. The average molecular weight is 325 g/mol. The first-order valence-corrected chi connectivity index (χ1v) is 8.46. The van der Waals surface area contributed by atoms with Gasteiger partial charge in [-0.3, -0.25) is 4.90 Å². The van der Waals surface area contributed by atoms with E-state index in [0.717, 1.165) is 55.7 Å². The number of hydrogen-bond donors (Lipinski definition) is 0. The largest absolute Gasteiger partial charge is 0.423 e. The van der Waals surface area contributed by atoms with Crippen molar-refractivity contribution in [3.05, 3.63) is 30.1 Å². The molecule has 2 aromatic heterocycles. The number of piperazine rings is 1. The molecule has 0 radical (unpaired) electrons. The zero-order valence-electron chi connectivity index (χ0n) is 13.4. The van der Waals surface area contributed by atoms with Gasteiger partial charge in [0.15, 0.2) is 11.4 Å². The summed E-state index contributed by atoms with van der Waals surface area (Å²) in [5.74, 6) is 0.979.